The highest BCUT2D eigenvalue weighted by atomic mass is 19.1. The number of carbonyl (C=O) groups is 1. The highest BCUT2D eigenvalue weighted by Gasteiger charge is 2.14. The molecule has 0 saturated carbocycles. The van der Waals surface area contributed by atoms with Gasteiger partial charge in [0.15, 0.2) is 5.82 Å². The van der Waals surface area contributed by atoms with Gasteiger partial charge in [-0.2, -0.15) is 0 Å². The number of benzene rings is 1. The first-order chi connectivity index (χ1) is 12.5. The van der Waals surface area contributed by atoms with Crippen LogP contribution in [-0.4, -0.2) is 21.0 Å². The van der Waals surface area contributed by atoms with Crippen LogP contribution in [0.2, 0.25) is 0 Å². The highest BCUT2D eigenvalue weighted by molar-refractivity contribution is 5.89. The molecular formula is C19H18FN5O. The molecule has 2 N–H and O–H groups in total. The third-order valence-corrected chi connectivity index (χ3v) is 3.85. The number of anilines is 1. The summed E-state index contributed by atoms with van der Waals surface area (Å²) < 4.78 is 13.2. The molecule has 2 heterocycles. The second kappa shape index (κ2) is 7.69. The molecule has 0 aliphatic carbocycles. The fourth-order valence-electron chi connectivity index (χ4n) is 2.55. The van der Waals surface area contributed by atoms with Crippen molar-refractivity contribution in [1.29, 1.82) is 0 Å². The first kappa shape index (κ1) is 17.5. The molecule has 0 aliphatic heterocycles. The average Bonchev–Trinajstić information content (AvgIpc) is 2.62. The van der Waals surface area contributed by atoms with Gasteiger partial charge in [0, 0.05) is 41.1 Å². The molecule has 3 rings (SSSR count). The lowest BCUT2D eigenvalue weighted by atomic mass is 10.1. The molecule has 0 fully saturated rings. The molecule has 0 spiro atoms. The molecule has 7 heteroatoms. The average molecular weight is 351 g/mol. The summed E-state index contributed by atoms with van der Waals surface area (Å²) in [6.07, 6.45) is 5.07. The first-order valence-corrected chi connectivity index (χ1v) is 8.10. The Labute approximate surface area is 150 Å². The number of hydrogen-bond acceptors (Lipinski definition) is 4. The van der Waals surface area contributed by atoms with Gasteiger partial charge in [-0.05, 0) is 44.2 Å². The van der Waals surface area contributed by atoms with Crippen molar-refractivity contribution in [3.05, 3.63) is 72.1 Å². The molecule has 2 amide bonds. The Hall–Kier alpha value is -3.35. The summed E-state index contributed by atoms with van der Waals surface area (Å²) in [5, 5.41) is 5.40. The molecule has 0 radical (unpaired) electrons. The summed E-state index contributed by atoms with van der Waals surface area (Å²) in [7, 11) is 0. The van der Waals surface area contributed by atoms with Gasteiger partial charge in [0.1, 0.15) is 5.82 Å². The predicted octanol–water partition coefficient (Wildman–Crippen LogP) is 3.87. The number of aromatic nitrogens is 3. The van der Waals surface area contributed by atoms with E-state index < -0.39 is 11.8 Å². The van der Waals surface area contributed by atoms with E-state index in [-0.39, 0.29) is 6.04 Å². The minimum Gasteiger partial charge on any atom is -0.331 e. The van der Waals surface area contributed by atoms with Crippen LogP contribution in [0.5, 0.6) is 0 Å². The van der Waals surface area contributed by atoms with Crippen LogP contribution in [0.15, 0.2) is 55.0 Å². The maximum Gasteiger partial charge on any atom is 0.319 e. The zero-order valence-electron chi connectivity index (χ0n) is 14.4. The van der Waals surface area contributed by atoms with Gasteiger partial charge in [0.2, 0.25) is 0 Å². The Morgan fingerprint density at radius 2 is 1.96 bits per heavy atom. The lowest BCUT2D eigenvalue weighted by Crippen LogP contribution is -2.31. The number of nitrogens with one attached hydrogen (secondary N) is 2. The van der Waals surface area contributed by atoms with Crippen molar-refractivity contribution in [2.45, 2.75) is 19.9 Å². The molecule has 0 saturated heterocycles. The van der Waals surface area contributed by atoms with Crippen LogP contribution in [0, 0.1) is 12.7 Å². The van der Waals surface area contributed by atoms with E-state index in [2.05, 4.69) is 25.6 Å². The van der Waals surface area contributed by atoms with Crippen molar-refractivity contribution in [3.8, 4) is 11.4 Å². The Balaban J connectivity index is 1.69. The smallest absolute Gasteiger partial charge is 0.319 e. The van der Waals surface area contributed by atoms with Crippen LogP contribution in [-0.2, 0) is 0 Å². The fraction of sp³-hybridized carbons (Fsp3) is 0.158. The monoisotopic (exact) mass is 351 g/mol. The van der Waals surface area contributed by atoms with E-state index in [4.69, 9.17) is 0 Å². The number of pyridine rings is 1. The summed E-state index contributed by atoms with van der Waals surface area (Å²) in [5.41, 5.74) is 2.83. The second-order valence-corrected chi connectivity index (χ2v) is 5.80. The Kier molecular flexibility index (Phi) is 5.17. The van der Waals surface area contributed by atoms with E-state index in [1.807, 2.05) is 26.0 Å². The Morgan fingerprint density at radius 3 is 2.65 bits per heavy atom. The van der Waals surface area contributed by atoms with E-state index in [1.165, 1.54) is 18.2 Å². The van der Waals surface area contributed by atoms with Gasteiger partial charge in [-0.15, -0.1) is 0 Å². The Morgan fingerprint density at radius 1 is 1.19 bits per heavy atom. The molecule has 1 aromatic carbocycles. The number of amides is 2. The fourth-order valence-corrected chi connectivity index (χ4v) is 2.55. The number of aryl methyl sites for hydroxylation is 1. The molecule has 0 aliphatic rings. The number of rotatable bonds is 4. The summed E-state index contributed by atoms with van der Waals surface area (Å²) in [6.45, 7) is 3.70. The number of urea groups is 1. The molecular weight excluding hydrogens is 333 g/mol. The highest BCUT2D eigenvalue weighted by Crippen LogP contribution is 2.19. The SMILES string of the molecule is Cc1nc(-c2ccncc2)ncc1[C@@H](C)NC(=O)Nc1cccc(F)c1. The zero-order valence-corrected chi connectivity index (χ0v) is 14.4. The summed E-state index contributed by atoms with van der Waals surface area (Å²) in [6, 6.07) is 8.65. The van der Waals surface area contributed by atoms with Crippen LogP contribution in [0.1, 0.15) is 24.2 Å². The third kappa shape index (κ3) is 4.18. The van der Waals surface area contributed by atoms with E-state index in [1.54, 1.807) is 24.7 Å². The van der Waals surface area contributed by atoms with Crippen molar-refractivity contribution in [2.24, 2.45) is 0 Å². The van der Waals surface area contributed by atoms with Gasteiger partial charge in [-0.3, -0.25) is 4.98 Å². The van der Waals surface area contributed by atoms with Crippen LogP contribution >= 0.6 is 0 Å². The first-order valence-electron chi connectivity index (χ1n) is 8.10. The lowest BCUT2D eigenvalue weighted by molar-refractivity contribution is 0.249. The number of carbonyl (C=O) groups excluding carboxylic acids is 1. The molecule has 3 aromatic rings. The van der Waals surface area contributed by atoms with Gasteiger partial charge in [-0.25, -0.2) is 19.2 Å². The normalized spacial score (nSPS) is 11.7. The van der Waals surface area contributed by atoms with Crippen molar-refractivity contribution in [1.82, 2.24) is 20.3 Å². The van der Waals surface area contributed by atoms with E-state index >= 15 is 0 Å². The van der Waals surface area contributed by atoms with E-state index in [9.17, 15) is 9.18 Å². The quantitative estimate of drug-likeness (QED) is 0.748. The van der Waals surface area contributed by atoms with Crippen LogP contribution in [0.25, 0.3) is 11.4 Å². The van der Waals surface area contributed by atoms with E-state index in [0.29, 0.717) is 11.5 Å². The van der Waals surface area contributed by atoms with Crippen molar-refractivity contribution >= 4 is 11.7 Å². The molecule has 0 bridgehead atoms. The standard InChI is InChI=1S/C19H18FN5O/c1-12-17(11-22-18(23-12)14-6-8-21-9-7-14)13(2)24-19(26)25-16-5-3-4-15(20)10-16/h3-11,13H,1-2H3,(H2,24,25,26)/t13-/m1/s1. The molecule has 26 heavy (non-hydrogen) atoms. The maximum absolute atomic E-state index is 13.2. The van der Waals surface area contributed by atoms with Crippen molar-refractivity contribution in [2.75, 3.05) is 5.32 Å². The molecule has 6 nitrogen and oxygen atoms in total. The van der Waals surface area contributed by atoms with Crippen LogP contribution in [0.3, 0.4) is 0 Å². The molecule has 1 atom stereocenters. The lowest BCUT2D eigenvalue weighted by Gasteiger charge is -2.17. The van der Waals surface area contributed by atoms with E-state index in [0.717, 1.165) is 16.8 Å². The maximum atomic E-state index is 13.2. The topological polar surface area (TPSA) is 79.8 Å². The van der Waals surface area contributed by atoms with Crippen molar-refractivity contribution in [3.63, 3.8) is 0 Å². The summed E-state index contributed by atoms with van der Waals surface area (Å²) in [5.74, 6) is 0.192. The van der Waals surface area contributed by atoms with Gasteiger partial charge in [0.05, 0.1) is 6.04 Å². The second-order valence-electron chi connectivity index (χ2n) is 5.80. The number of halogens is 1. The van der Waals surface area contributed by atoms with Gasteiger partial charge in [0.25, 0.3) is 0 Å². The minimum atomic E-state index is -0.430. The molecule has 132 valence electrons. The third-order valence-electron chi connectivity index (χ3n) is 3.85. The Bertz CT molecular complexity index is 917. The number of hydrogen-bond donors (Lipinski definition) is 2. The minimum absolute atomic E-state index is 0.310. The molecule has 2 aromatic heterocycles. The predicted molar refractivity (Wildman–Crippen MR) is 97.0 cm³/mol. The summed E-state index contributed by atoms with van der Waals surface area (Å²) >= 11 is 0. The van der Waals surface area contributed by atoms with Gasteiger partial charge >= 0.3 is 6.03 Å². The van der Waals surface area contributed by atoms with Gasteiger partial charge in [-0.1, -0.05) is 6.07 Å². The number of nitrogens with zero attached hydrogens (tertiary/aromatic N) is 3. The van der Waals surface area contributed by atoms with Crippen LogP contribution < -0.4 is 10.6 Å². The van der Waals surface area contributed by atoms with Crippen molar-refractivity contribution < 1.29 is 9.18 Å². The molecule has 0 unspecified atom stereocenters. The zero-order chi connectivity index (χ0) is 18.5. The van der Waals surface area contributed by atoms with Crippen LogP contribution in [0.4, 0.5) is 14.9 Å². The largest absolute Gasteiger partial charge is 0.331 e. The van der Waals surface area contributed by atoms with Gasteiger partial charge < -0.3 is 10.6 Å². The summed E-state index contributed by atoms with van der Waals surface area (Å²) in [4.78, 5) is 25.0.